The number of halogens is 1. The quantitative estimate of drug-likeness (QED) is 0.410. The predicted molar refractivity (Wildman–Crippen MR) is 105 cm³/mol. The Balaban J connectivity index is 2.28. The minimum Gasteiger partial charge on any atom is -0.507 e. The standard InChI is InChI=1S/C21H19ClO4/c1-3-6-15-11-16(22)12-18(21(15)25)19(24)13-17(23)10-9-14-7-4-5-8-20(14)26-2/h3-5,7-13,24-25H,1,6H2,2H3/b10-9+,19-13-. The first-order chi connectivity index (χ1) is 12.5. The van der Waals surface area contributed by atoms with Crippen LogP contribution in [-0.2, 0) is 11.2 Å². The van der Waals surface area contributed by atoms with Crippen molar-refractivity contribution in [2.24, 2.45) is 0 Å². The molecule has 0 bridgehead atoms. The number of hydrogen-bond donors (Lipinski definition) is 2. The van der Waals surface area contributed by atoms with Crippen molar-refractivity contribution in [2.75, 3.05) is 7.11 Å². The van der Waals surface area contributed by atoms with Crippen molar-refractivity contribution in [1.82, 2.24) is 0 Å². The molecule has 5 heteroatoms. The summed E-state index contributed by atoms with van der Waals surface area (Å²) in [6, 6.07) is 10.2. The number of para-hydroxylation sites is 1. The van der Waals surface area contributed by atoms with Crippen LogP contribution in [0.2, 0.25) is 5.02 Å². The summed E-state index contributed by atoms with van der Waals surface area (Å²) in [5.41, 5.74) is 1.34. The lowest BCUT2D eigenvalue weighted by Gasteiger charge is -2.09. The second kappa shape index (κ2) is 8.92. The maximum Gasteiger partial charge on any atom is 0.182 e. The van der Waals surface area contributed by atoms with Crippen LogP contribution >= 0.6 is 11.6 Å². The van der Waals surface area contributed by atoms with Gasteiger partial charge in [-0.3, -0.25) is 4.79 Å². The molecule has 2 rings (SSSR count). The van der Waals surface area contributed by atoms with Crippen LogP contribution in [0.25, 0.3) is 11.8 Å². The molecule has 2 aromatic rings. The number of phenolic OH excluding ortho intramolecular Hbond substituents is 1. The molecule has 0 saturated heterocycles. The van der Waals surface area contributed by atoms with Gasteiger partial charge in [-0.15, -0.1) is 6.58 Å². The average molecular weight is 371 g/mol. The van der Waals surface area contributed by atoms with E-state index in [0.717, 1.165) is 11.6 Å². The number of aliphatic hydroxyl groups excluding tert-OH is 1. The predicted octanol–water partition coefficient (Wildman–Crippen LogP) is 4.96. The molecular formula is C21H19ClO4. The summed E-state index contributed by atoms with van der Waals surface area (Å²) >= 11 is 6.02. The summed E-state index contributed by atoms with van der Waals surface area (Å²) in [4.78, 5) is 12.1. The Kier molecular flexibility index (Phi) is 6.64. The number of ketones is 1. The Bertz CT molecular complexity index is 882. The van der Waals surface area contributed by atoms with Gasteiger partial charge in [0.1, 0.15) is 17.3 Å². The van der Waals surface area contributed by atoms with E-state index in [1.165, 1.54) is 12.1 Å². The van der Waals surface area contributed by atoms with Crippen LogP contribution in [-0.4, -0.2) is 23.1 Å². The number of ether oxygens (including phenoxy) is 1. The van der Waals surface area contributed by atoms with Crippen LogP contribution < -0.4 is 4.74 Å². The molecular weight excluding hydrogens is 352 g/mol. The third-order valence-electron chi connectivity index (χ3n) is 3.64. The third kappa shape index (κ3) is 4.77. The van der Waals surface area contributed by atoms with E-state index in [2.05, 4.69) is 6.58 Å². The molecule has 26 heavy (non-hydrogen) atoms. The minimum atomic E-state index is -0.446. The first-order valence-corrected chi connectivity index (χ1v) is 8.22. The van der Waals surface area contributed by atoms with Gasteiger partial charge >= 0.3 is 0 Å². The van der Waals surface area contributed by atoms with E-state index in [-0.39, 0.29) is 17.1 Å². The molecule has 0 radical (unpaired) electrons. The zero-order chi connectivity index (χ0) is 19.1. The molecule has 134 valence electrons. The Labute approximate surface area is 157 Å². The molecule has 2 aromatic carbocycles. The maximum atomic E-state index is 12.1. The molecule has 0 aliphatic carbocycles. The average Bonchev–Trinajstić information content (AvgIpc) is 2.63. The fourth-order valence-electron chi connectivity index (χ4n) is 2.40. The van der Waals surface area contributed by atoms with Gasteiger partial charge in [0.15, 0.2) is 5.78 Å². The van der Waals surface area contributed by atoms with E-state index in [4.69, 9.17) is 16.3 Å². The highest BCUT2D eigenvalue weighted by Crippen LogP contribution is 2.32. The number of carbonyl (C=O) groups is 1. The van der Waals surface area contributed by atoms with Crippen molar-refractivity contribution in [2.45, 2.75) is 6.42 Å². The zero-order valence-electron chi connectivity index (χ0n) is 14.3. The number of benzene rings is 2. The molecule has 0 fully saturated rings. The molecule has 0 aliphatic rings. The first-order valence-electron chi connectivity index (χ1n) is 7.84. The highest BCUT2D eigenvalue weighted by Gasteiger charge is 2.13. The van der Waals surface area contributed by atoms with Crippen molar-refractivity contribution in [3.05, 3.63) is 82.9 Å². The van der Waals surface area contributed by atoms with Crippen LogP contribution in [0.3, 0.4) is 0 Å². The summed E-state index contributed by atoms with van der Waals surface area (Å²) in [7, 11) is 1.54. The van der Waals surface area contributed by atoms with E-state index in [1.54, 1.807) is 37.5 Å². The lowest BCUT2D eigenvalue weighted by Crippen LogP contribution is -1.94. The highest BCUT2D eigenvalue weighted by molar-refractivity contribution is 6.31. The maximum absolute atomic E-state index is 12.1. The Morgan fingerprint density at radius 2 is 2.04 bits per heavy atom. The summed E-state index contributed by atoms with van der Waals surface area (Å²) < 4.78 is 5.21. The van der Waals surface area contributed by atoms with Crippen LogP contribution in [0.4, 0.5) is 0 Å². The third-order valence-corrected chi connectivity index (χ3v) is 3.86. The van der Waals surface area contributed by atoms with Gasteiger partial charge in [-0.05, 0) is 42.3 Å². The van der Waals surface area contributed by atoms with Gasteiger partial charge < -0.3 is 14.9 Å². The second-order valence-corrected chi connectivity index (χ2v) is 5.90. The summed E-state index contributed by atoms with van der Waals surface area (Å²) in [6.45, 7) is 3.61. The smallest absolute Gasteiger partial charge is 0.182 e. The highest BCUT2D eigenvalue weighted by atomic mass is 35.5. The van der Waals surface area contributed by atoms with E-state index < -0.39 is 5.78 Å². The van der Waals surface area contributed by atoms with Gasteiger partial charge in [0.2, 0.25) is 0 Å². The number of hydrogen-bond acceptors (Lipinski definition) is 4. The van der Waals surface area contributed by atoms with Crippen molar-refractivity contribution >= 4 is 29.2 Å². The van der Waals surface area contributed by atoms with Crippen molar-refractivity contribution in [1.29, 1.82) is 0 Å². The summed E-state index contributed by atoms with van der Waals surface area (Å²) in [5.74, 6) is -0.320. The molecule has 0 amide bonds. The lowest BCUT2D eigenvalue weighted by molar-refractivity contribution is -0.110. The molecule has 4 nitrogen and oxygen atoms in total. The van der Waals surface area contributed by atoms with Crippen molar-refractivity contribution in [3.8, 4) is 11.5 Å². The van der Waals surface area contributed by atoms with Crippen molar-refractivity contribution < 1.29 is 19.7 Å². The Morgan fingerprint density at radius 3 is 2.73 bits per heavy atom. The number of phenols is 1. The molecule has 0 atom stereocenters. The van der Waals surface area contributed by atoms with Gasteiger partial charge in [0.25, 0.3) is 0 Å². The Morgan fingerprint density at radius 1 is 1.31 bits per heavy atom. The largest absolute Gasteiger partial charge is 0.507 e. The first kappa shape index (κ1) is 19.3. The van der Waals surface area contributed by atoms with E-state index in [9.17, 15) is 15.0 Å². The fraction of sp³-hybridized carbons (Fsp3) is 0.0952. The van der Waals surface area contributed by atoms with Gasteiger partial charge in [-0.25, -0.2) is 0 Å². The van der Waals surface area contributed by atoms with E-state index in [0.29, 0.717) is 22.8 Å². The zero-order valence-corrected chi connectivity index (χ0v) is 15.0. The topological polar surface area (TPSA) is 66.8 Å². The summed E-state index contributed by atoms with van der Waals surface area (Å²) in [6.07, 6.45) is 5.91. The molecule has 0 unspecified atom stereocenters. The number of carbonyl (C=O) groups excluding carboxylic acids is 1. The van der Waals surface area contributed by atoms with E-state index >= 15 is 0 Å². The number of aromatic hydroxyl groups is 1. The van der Waals surface area contributed by atoms with Crippen LogP contribution in [0.1, 0.15) is 16.7 Å². The van der Waals surface area contributed by atoms with E-state index in [1.807, 2.05) is 12.1 Å². The number of methoxy groups -OCH3 is 1. The molecule has 0 aliphatic heterocycles. The van der Waals surface area contributed by atoms with Crippen LogP contribution in [0.5, 0.6) is 11.5 Å². The fourth-order valence-corrected chi connectivity index (χ4v) is 2.64. The minimum absolute atomic E-state index is 0.0911. The van der Waals surface area contributed by atoms with Gasteiger partial charge in [0, 0.05) is 16.7 Å². The second-order valence-electron chi connectivity index (χ2n) is 5.46. The lowest BCUT2D eigenvalue weighted by atomic mass is 10.0. The normalized spacial score (nSPS) is 11.5. The number of aliphatic hydroxyl groups is 1. The molecule has 0 saturated carbocycles. The molecule has 0 aromatic heterocycles. The van der Waals surface area contributed by atoms with Gasteiger partial charge in [-0.2, -0.15) is 0 Å². The monoisotopic (exact) mass is 370 g/mol. The molecule has 0 spiro atoms. The summed E-state index contributed by atoms with van der Waals surface area (Å²) in [5, 5.41) is 20.8. The van der Waals surface area contributed by atoms with Gasteiger partial charge in [0.05, 0.1) is 12.7 Å². The Hall–Kier alpha value is -2.98. The van der Waals surface area contributed by atoms with Crippen molar-refractivity contribution in [3.63, 3.8) is 0 Å². The van der Waals surface area contributed by atoms with Crippen LogP contribution in [0, 0.1) is 0 Å². The number of rotatable bonds is 7. The molecule has 0 heterocycles. The number of allylic oxidation sites excluding steroid dienone is 3. The van der Waals surface area contributed by atoms with Crippen LogP contribution in [0.15, 0.2) is 61.2 Å². The SMILES string of the molecule is C=CCc1cc(Cl)cc(/C(O)=C/C(=O)/C=C/c2ccccc2OC)c1O. The molecule has 2 N–H and O–H groups in total. The van der Waals surface area contributed by atoms with Gasteiger partial charge in [-0.1, -0.05) is 35.9 Å².